The molecule has 3 amide bonds. The standard InChI is InChI=1S/C37H36F3N3O4/c1-36(2,42-35(46)47-24-26-10-4-3-5-11-26)22-33(44)41-31-21-20-28-12-6-9-15-32(28)43(34(31)45)23-25-16-18-27(19-17-25)29-13-7-8-14-30(29)37(38,39)40/h3-19,31H,20-24H2,1-2H3,(H,41,44)(H,42,46). The Kier molecular flexibility index (Phi) is 9.98. The van der Waals surface area contributed by atoms with Gasteiger partial charge >= 0.3 is 12.3 Å². The van der Waals surface area contributed by atoms with Gasteiger partial charge in [0.05, 0.1) is 12.1 Å². The molecule has 5 rings (SSSR count). The fraction of sp³-hybridized carbons (Fsp3) is 0.270. The van der Waals surface area contributed by atoms with E-state index in [1.54, 1.807) is 49.1 Å². The second kappa shape index (κ2) is 14.1. The van der Waals surface area contributed by atoms with Crippen LogP contribution < -0.4 is 15.5 Å². The second-order valence-electron chi connectivity index (χ2n) is 12.2. The van der Waals surface area contributed by atoms with E-state index in [1.165, 1.54) is 12.1 Å². The Balaban J connectivity index is 1.26. The molecule has 1 heterocycles. The fourth-order valence-corrected chi connectivity index (χ4v) is 5.69. The number of rotatable bonds is 9. The normalized spacial score (nSPS) is 15.0. The summed E-state index contributed by atoms with van der Waals surface area (Å²) in [7, 11) is 0. The van der Waals surface area contributed by atoms with Crippen LogP contribution in [0.15, 0.2) is 103 Å². The molecule has 0 saturated heterocycles. The molecule has 0 radical (unpaired) electrons. The molecule has 7 nitrogen and oxygen atoms in total. The average molecular weight is 644 g/mol. The van der Waals surface area contributed by atoms with E-state index >= 15 is 0 Å². The van der Waals surface area contributed by atoms with Crippen LogP contribution in [0.2, 0.25) is 0 Å². The van der Waals surface area contributed by atoms with Crippen molar-refractivity contribution < 1.29 is 32.3 Å². The third-order valence-corrected chi connectivity index (χ3v) is 7.98. The largest absolute Gasteiger partial charge is 0.445 e. The molecule has 2 N–H and O–H groups in total. The first-order chi connectivity index (χ1) is 22.4. The molecule has 1 aliphatic rings. The molecule has 244 valence electrons. The van der Waals surface area contributed by atoms with E-state index in [0.717, 1.165) is 17.2 Å². The van der Waals surface area contributed by atoms with Gasteiger partial charge in [0.15, 0.2) is 0 Å². The number of fused-ring (bicyclic) bond motifs is 1. The van der Waals surface area contributed by atoms with Crippen molar-refractivity contribution in [3.63, 3.8) is 0 Å². The maximum atomic E-state index is 14.0. The lowest BCUT2D eigenvalue weighted by atomic mass is 9.98. The Labute approximate surface area is 271 Å². The number of aryl methyl sites for hydroxylation is 1. The van der Waals surface area contributed by atoms with E-state index in [4.69, 9.17) is 4.74 Å². The Morgan fingerprint density at radius 3 is 2.23 bits per heavy atom. The van der Waals surface area contributed by atoms with Gasteiger partial charge in [0, 0.05) is 17.6 Å². The Morgan fingerprint density at radius 1 is 0.851 bits per heavy atom. The monoisotopic (exact) mass is 643 g/mol. The van der Waals surface area contributed by atoms with E-state index < -0.39 is 35.3 Å². The number of hydrogen-bond acceptors (Lipinski definition) is 4. The number of nitrogens with one attached hydrogen (secondary N) is 2. The maximum Gasteiger partial charge on any atom is 0.417 e. The highest BCUT2D eigenvalue weighted by atomic mass is 19.4. The van der Waals surface area contributed by atoms with Crippen LogP contribution in [0, 0.1) is 0 Å². The Bertz CT molecular complexity index is 1720. The number of amides is 3. The van der Waals surface area contributed by atoms with Gasteiger partial charge in [-0.1, -0.05) is 91.0 Å². The number of ether oxygens (including phenoxy) is 1. The number of carbonyl (C=O) groups is 3. The molecule has 4 aromatic carbocycles. The van der Waals surface area contributed by atoms with Crippen molar-refractivity contribution in [2.75, 3.05) is 4.90 Å². The van der Waals surface area contributed by atoms with Crippen LogP contribution in [0.1, 0.15) is 48.9 Å². The first kappa shape index (κ1) is 33.2. The summed E-state index contributed by atoms with van der Waals surface area (Å²) in [6, 6.07) is 28.0. The van der Waals surface area contributed by atoms with Gasteiger partial charge in [-0.2, -0.15) is 13.2 Å². The summed E-state index contributed by atoms with van der Waals surface area (Å²) >= 11 is 0. The highest BCUT2D eigenvalue weighted by Crippen LogP contribution is 2.37. The summed E-state index contributed by atoms with van der Waals surface area (Å²) < 4.78 is 46.1. The second-order valence-corrected chi connectivity index (χ2v) is 12.2. The molecule has 0 spiro atoms. The number of halogens is 3. The molecule has 0 aliphatic carbocycles. The summed E-state index contributed by atoms with van der Waals surface area (Å²) in [6.07, 6.45) is -4.33. The number of hydrogen-bond donors (Lipinski definition) is 2. The third kappa shape index (κ3) is 8.58. The van der Waals surface area contributed by atoms with Gasteiger partial charge < -0.3 is 20.3 Å². The predicted molar refractivity (Wildman–Crippen MR) is 173 cm³/mol. The average Bonchev–Trinajstić information content (AvgIpc) is 3.16. The van der Waals surface area contributed by atoms with Gasteiger partial charge in [0.1, 0.15) is 12.6 Å². The molecule has 1 atom stereocenters. The minimum absolute atomic E-state index is 0.0763. The van der Waals surface area contributed by atoms with Crippen molar-refractivity contribution in [3.05, 3.63) is 125 Å². The highest BCUT2D eigenvalue weighted by molar-refractivity contribution is 6.00. The van der Waals surface area contributed by atoms with E-state index in [9.17, 15) is 27.6 Å². The van der Waals surface area contributed by atoms with Crippen LogP contribution in [-0.4, -0.2) is 29.5 Å². The van der Waals surface area contributed by atoms with Gasteiger partial charge in [-0.15, -0.1) is 0 Å². The predicted octanol–water partition coefficient (Wildman–Crippen LogP) is 7.43. The number of nitrogens with zero attached hydrogens (tertiary/aromatic N) is 1. The first-order valence-electron chi connectivity index (χ1n) is 15.3. The summed E-state index contributed by atoms with van der Waals surface area (Å²) in [5, 5.41) is 5.59. The molecule has 1 unspecified atom stereocenters. The number of alkyl halides is 3. The summed E-state index contributed by atoms with van der Waals surface area (Å²) in [5.74, 6) is -0.710. The molecule has 0 aromatic heterocycles. The fourth-order valence-electron chi connectivity index (χ4n) is 5.69. The number of alkyl carbamates (subject to hydrolysis) is 1. The van der Waals surface area contributed by atoms with Crippen molar-refractivity contribution in [3.8, 4) is 11.1 Å². The van der Waals surface area contributed by atoms with Crippen LogP contribution in [0.3, 0.4) is 0 Å². The van der Waals surface area contributed by atoms with E-state index in [2.05, 4.69) is 10.6 Å². The third-order valence-electron chi connectivity index (χ3n) is 7.98. The quantitative estimate of drug-likeness (QED) is 0.199. The number of benzene rings is 4. The van der Waals surface area contributed by atoms with Gasteiger partial charge in [-0.25, -0.2) is 4.79 Å². The van der Waals surface area contributed by atoms with Crippen molar-refractivity contribution in [2.45, 2.75) is 64.0 Å². The molecule has 1 aliphatic heterocycles. The first-order valence-corrected chi connectivity index (χ1v) is 15.3. The van der Waals surface area contributed by atoms with Crippen molar-refractivity contribution in [2.24, 2.45) is 0 Å². The van der Waals surface area contributed by atoms with E-state index in [1.807, 2.05) is 54.6 Å². The van der Waals surface area contributed by atoms with E-state index in [-0.39, 0.29) is 31.0 Å². The molecular weight excluding hydrogens is 607 g/mol. The Morgan fingerprint density at radius 2 is 1.51 bits per heavy atom. The van der Waals surface area contributed by atoms with Crippen molar-refractivity contribution >= 4 is 23.6 Å². The lowest BCUT2D eigenvalue weighted by molar-refractivity contribution is -0.137. The summed E-state index contributed by atoms with van der Waals surface area (Å²) in [4.78, 5) is 41.2. The SMILES string of the molecule is CC(C)(CC(=O)NC1CCc2ccccc2N(Cc2ccc(-c3ccccc3C(F)(F)F)cc2)C1=O)NC(=O)OCc1ccccc1. The van der Waals surface area contributed by atoms with Gasteiger partial charge in [-0.3, -0.25) is 9.59 Å². The number of carbonyl (C=O) groups excluding carboxylic acids is 3. The minimum atomic E-state index is -4.49. The maximum absolute atomic E-state index is 14.0. The molecule has 47 heavy (non-hydrogen) atoms. The van der Waals surface area contributed by atoms with Gasteiger partial charge in [0.25, 0.3) is 0 Å². The van der Waals surface area contributed by atoms with E-state index in [0.29, 0.717) is 29.7 Å². The zero-order valence-corrected chi connectivity index (χ0v) is 26.1. The molecule has 10 heteroatoms. The van der Waals surface area contributed by atoms with Gasteiger partial charge in [-0.05, 0) is 66.6 Å². The topological polar surface area (TPSA) is 87.7 Å². The van der Waals surface area contributed by atoms with Crippen LogP contribution in [0.5, 0.6) is 0 Å². The highest BCUT2D eigenvalue weighted by Gasteiger charge is 2.34. The lowest BCUT2D eigenvalue weighted by Crippen LogP contribution is -2.51. The Hall–Kier alpha value is -5.12. The number of para-hydroxylation sites is 1. The van der Waals surface area contributed by atoms with Crippen molar-refractivity contribution in [1.29, 1.82) is 0 Å². The van der Waals surface area contributed by atoms with Crippen molar-refractivity contribution in [1.82, 2.24) is 10.6 Å². The zero-order valence-electron chi connectivity index (χ0n) is 26.1. The van der Waals surface area contributed by atoms with Crippen LogP contribution in [0.4, 0.5) is 23.7 Å². The van der Waals surface area contributed by atoms with Crippen LogP contribution >= 0.6 is 0 Å². The molecular formula is C37H36F3N3O4. The minimum Gasteiger partial charge on any atom is -0.445 e. The smallest absolute Gasteiger partial charge is 0.417 e. The number of anilines is 1. The molecule has 4 aromatic rings. The molecule has 0 saturated carbocycles. The molecule has 0 bridgehead atoms. The lowest BCUT2D eigenvalue weighted by Gasteiger charge is -2.28. The summed E-state index contributed by atoms with van der Waals surface area (Å²) in [6.45, 7) is 3.64. The van der Waals surface area contributed by atoms with Crippen LogP contribution in [0.25, 0.3) is 11.1 Å². The van der Waals surface area contributed by atoms with Crippen LogP contribution in [-0.2, 0) is 40.1 Å². The summed E-state index contributed by atoms with van der Waals surface area (Å²) in [5.41, 5.74) is 2.01. The molecule has 0 fully saturated rings. The van der Waals surface area contributed by atoms with Gasteiger partial charge in [0.2, 0.25) is 11.8 Å². The zero-order chi connectivity index (χ0) is 33.6.